The zero-order valence-electron chi connectivity index (χ0n) is 10.7. The molecular weight excluding hydrogens is 334 g/mol. The monoisotopic (exact) mass is 347 g/mol. The van der Waals surface area contributed by atoms with E-state index in [-0.39, 0.29) is 9.63 Å². The highest BCUT2D eigenvalue weighted by atomic mass is 79.9. The van der Waals surface area contributed by atoms with Gasteiger partial charge >= 0.3 is 0 Å². The Morgan fingerprint density at radius 3 is 2.42 bits per heavy atom. The molecule has 1 aromatic rings. The molecule has 2 heterocycles. The van der Waals surface area contributed by atoms with Gasteiger partial charge in [0.2, 0.25) is 5.03 Å². The lowest BCUT2D eigenvalue weighted by molar-refractivity contribution is 0.231. The lowest BCUT2D eigenvalue weighted by atomic mass is 9.83. The van der Waals surface area contributed by atoms with Crippen molar-refractivity contribution in [3.63, 3.8) is 0 Å². The lowest BCUT2D eigenvalue weighted by Crippen LogP contribution is -2.42. The summed E-state index contributed by atoms with van der Waals surface area (Å²) in [6, 6.07) is 2.25. The summed E-state index contributed by atoms with van der Waals surface area (Å²) in [6.45, 7) is 2.53. The van der Waals surface area contributed by atoms with E-state index in [1.807, 2.05) is 6.92 Å². The number of rotatable bonds is 2. The summed E-state index contributed by atoms with van der Waals surface area (Å²) >= 11 is 3.10. The Morgan fingerprint density at radius 2 is 2.00 bits per heavy atom. The summed E-state index contributed by atoms with van der Waals surface area (Å²) in [6.07, 6.45) is 1.07. The standard InChI is InChI=1S/C10H14BrN5O2S/c1-10(7-12)3-5-16(6-4-10)19(17,18)9-8(11)13-14-15(9)2/h3-6H2,1-2H3. The largest absolute Gasteiger partial charge is 0.263 e. The van der Waals surface area contributed by atoms with Gasteiger partial charge in [-0.1, -0.05) is 5.21 Å². The van der Waals surface area contributed by atoms with Gasteiger partial charge in [0.05, 0.1) is 11.5 Å². The van der Waals surface area contributed by atoms with Crippen molar-refractivity contribution in [1.82, 2.24) is 19.3 Å². The topological polar surface area (TPSA) is 91.9 Å². The van der Waals surface area contributed by atoms with Gasteiger partial charge in [0, 0.05) is 20.1 Å². The number of nitriles is 1. The molecule has 0 saturated carbocycles. The number of sulfonamides is 1. The number of aryl methyl sites for hydroxylation is 1. The number of halogens is 1. The molecule has 104 valence electrons. The smallest absolute Gasteiger partial charge is 0.235 e. The summed E-state index contributed by atoms with van der Waals surface area (Å²) in [4.78, 5) is 0. The second kappa shape index (κ2) is 4.85. The summed E-state index contributed by atoms with van der Waals surface area (Å²) in [5.41, 5.74) is -0.437. The Kier molecular flexibility index (Phi) is 3.68. The van der Waals surface area contributed by atoms with Gasteiger partial charge in [0.25, 0.3) is 10.0 Å². The van der Waals surface area contributed by atoms with Crippen LogP contribution in [0.15, 0.2) is 9.63 Å². The molecule has 0 atom stereocenters. The fourth-order valence-corrected chi connectivity index (χ4v) is 4.52. The number of hydrogen-bond donors (Lipinski definition) is 0. The van der Waals surface area contributed by atoms with Crippen molar-refractivity contribution in [1.29, 1.82) is 5.26 Å². The fourth-order valence-electron chi connectivity index (χ4n) is 2.05. The molecule has 2 rings (SSSR count). The van der Waals surface area contributed by atoms with Crippen molar-refractivity contribution in [3.05, 3.63) is 4.60 Å². The number of aromatic nitrogens is 3. The first-order valence-electron chi connectivity index (χ1n) is 5.77. The van der Waals surface area contributed by atoms with Crippen LogP contribution in [-0.4, -0.2) is 40.8 Å². The van der Waals surface area contributed by atoms with Crippen molar-refractivity contribution in [2.75, 3.05) is 13.1 Å². The lowest BCUT2D eigenvalue weighted by Gasteiger charge is -2.33. The van der Waals surface area contributed by atoms with E-state index in [1.54, 1.807) is 0 Å². The normalized spacial score (nSPS) is 20.1. The van der Waals surface area contributed by atoms with Crippen molar-refractivity contribution in [3.8, 4) is 6.07 Å². The van der Waals surface area contributed by atoms with Crippen LogP contribution in [0, 0.1) is 16.7 Å². The summed E-state index contributed by atoms with van der Waals surface area (Å²) in [7, 11) is -2.09. The molecule has 1 aliphatic rings. The Morgan fingerprint density at radius 1 is 1.42 bits per heavy atom. The molecule has 1 aromatic heterocycles. The quantitative estimate of drug-likeness (QED) is 0.792. The molecule has 9 heteroatoms. The van der Waals surface area contributed by atoms with Gasteiger partial charge in [0.15, 0.2) is 4.60 Å². The first kappa shape index (κ1) is 14.4. The molecule has 0 aliphatic carbocycles. The highest BCUT2D eigenvalue weighted by Gasteiger charge is 2.37. The van der Waals surface area contributed by atoms with Crippen LogP contribution >= 0.6 is 15.9 Å². The maximum absolute atomic E-state index is 12.5. The molecule has 0 unspecified atom stereocenters. The molecule has 1 saturated heterocycles. The SMILES string of the molecule is Cn1nnc(Br)c1S(=O)(=O)N1CCC(C)(C#N)CC1. The second-order valence-electron chi connectivity index (χ2n) is 4.89. The highest BCUT2D eigenvalue weighted by molar-refractivity contribution is 9.10. The second-order valence-corrected chi connectivity index (χ2v) is 7.49. The van der Waals surface area contributed by atoms with Crippen LogP contribution in [0.25, 0.3) is 0 Å². The predicted octanol–water partition coefficient (Wildman–Crippen LogP) is 0.892. The Bertz CT molecular complexity index is 605. The maximum Gasteiger partial charge on any atom is 0.263 e. The first-order chi connectivity index (χ1) is 8.80. The number of piperidine rings is 1. The molecule has 1 fully saturated rings. The van der Waals surface area contributed by atoms with Crippen LogP contribution in [0.4, 0.5) is 0 Å². The molecule has 0 aromatic carbocycles. The van der Waals surface area contributed by atoms with E-state index in [1.165, 1.54) is 16.0 Å². The molecule has 0 N–H and O–H groups in total. The molecule has 0 amide bonds. The highest BCUT2D eigenvalue weighted by Crippen LogP contribution is 2.33. The molecular formula is C10H14BrN5O2S. The van der Waals surface area contributed by atoms with Crippen molar-refractivity contribution >= 4 is 26.0 Å². The van der Waals surface area contributed by atoms with Crippen LogP contribution in [0.2, 0.25) is 0 Å². The van der Waals surface area contributed by atoms with Gasteiger partial charge < -0.3 is 0 Å². The number of hydrogen-bond acceptors (Lipinski definition) is 5. The average Bonchev–Trinajstić information content (AvgIpc) is 2.70. The fraction of sp³-hybridized carbons (Fsp3) is 0.700. The zero-order valence-corrected chi connectivity index (χ0v) is 13.1. The molecule has 0 bridgehead atoms. The minimum Gasteiger partial charge on any atom is -0.235 e. The summed E-state index contributed by atoms with van der Waals surface area (Å²) in [5.74, 6) is 0. The molecule has 0 spiro atoms. The third-order valence-electron chi connectivity index (χ3n) is 3.42. The Labute approximate surface area is 120 Å². The van der Waals surface area contributed by atoms with Crippen LogP contribution in [-0.2, 0) is 17.1 Å². The van der Waals surface area contributed by atoms with E-state index in [0.717, 1.165) is 0 Å². The van der Waals surface area contributed by atoms with Gasteiger partial charge in [-0.3, -0.25) is 0 Å². The minimum atomic E-state index is -3.62. The van der Waals surface area contributed by atoms with Crippen molar-refractivity contribution in [2.24, 2.45) is 12.5 Å². The summed E-state index contributed by atoms with van der Waals surface area (Å²) in [5, 5.41) is 16.5. The van der Waals surface area contributed by atoms with Crippen LogP contribution in [0.1, 0.15) is 19.8 Å². The average molecular weight is 348 g/mol. The third kappa shape index (κ3) is 2.52. The van der Waals surface area contributed by atoms with Crippen molar-refractivity contribution in [2.45, 2.75) is 24.8 Å². The van der Waals surface area contributed by atoms with Gasteiger partial charge in [-0.2, -0.15) is 9.57 Å². The predicted molar refractivity (Wildman–Crippen MR) is 70.4 cm³/mol. The van der Waals surface area contributed by atoms with E-state index >= 15 is 0 Å². The van der Waals surface area contributed by atoms with E-state index in [2.05, 4.69) is 32.3 Å². The molecule has 1 aliphatic heterocycles. The maximum atomic E-state index is 12.5. The Balaban J connectivity index is 2.27. The van der Waals surface area contributed by atoms with Gasteiger partial charge in [0.1, 0.15) is 0 Å². The Hall–Kier alpha value is -0.980. The van der Waals surface area contributed by atoms with Crippen LogP contribution in [0.3, 0.4) is 0 Å². The summed E-state index contributed by atoms with van der Waals surface area (Å²) < 4.78 is 27.8. The van der Waals surface area contributed by atoms with Crippen LogP contribution < -0.4 is 0 Å². The van der Waals surface area contributed by atoms with Gasteiger partial charge in [-0.05, 0) is 35.7 Å². The van der Waals surface area contributed by atoms with E-state index < -0.39 is 15.4 Å². The van der Waals surface area contributed by atoms with Gasteiger partial charge in [-0.25, -0.2) is 13.1 Å². The third-order valence-corrected chi connectivity index (χ3v) is 6.21. The molecule has 0 radical (unpaired) electrons. The van der Waals surface area contributed by atoms with E-state index in [0.29, 0.717) is 25.9 Å². The number of nitrogens with zero attached hydrogens (tertiary/aromatic N) is 5. The molecule has 19 heavy (non-hydrogen) atoms. The van der Waals surface area contributed by atoms with Gasteiger partial charge in [-0.15, -0.1) is 5.10 Å². The minimum absolute atomic E-state index is 0.0491. The first-order valence-corrected chi connectivity index (χ1v) is 8.00. The van der Waals surface area contributed by atoms with E-state index in [9.17, 15) is 8.42 Å². The molecule has 7 nitrogen and oxygen atoms in total. The van der Waals surface area contributed by atoms with E-state index in [4.69, 9.17) is 5.26 Å². The zero-order chi connectivity index (χ0) is 14.3. The van der Waals surface area contributed by atoms with Crippen LogP contribution in [0.5, 0.6) is 0 Å². The van der Waals surface area contributed by atoms with Crippen molar-refractivity contribution < 1.29 is 8.42 Å².